The van der Waals surface area contributed by atoms with E-state index in [-0.39, 0.29) is 30.5 Å². The fourth-order valence-electron chi connectivity index (χ4n) is 2.41. The molecule has 0 fully saturated rings. The molecule has 0 unspecified atom stereocenters. The Morgan fingerprint density at radius 2 is 1.61 bits per heavy atom. The Labute approximate surface area is 163 Å². The molecule has 2 aromatic rings. The summed E-state index contributed by atoms with van der Waals surface area (Å²) < 4.78 is 13.1. The van der Waals surface area contributed by atoms with Gasteiger partial charge in [0, 0.05) is 24.2 Å². The number of halogens is 1. The van der Waals surface area contributed by atoms with Gasteiger partial charge in [-0.1, -0.05) is 31.5 Å². The number of carbonyl (C=O) groups excluding carboxylic acids is 3. The minimum absolute atomic E-state index is 0.121. The van der Waals surface area contributed by atoms with Crippen LogP contribution in [-0.2, 0) is 11.3 Å². The van der Waals surface area contributed by atoms with Gasteiger partial charge in [-0.3, -0.25) is 14.4 Å². The molecule has 0 aliphatic rings. The summed E-state index contributed by atoms with van der Waals surface area (Å²) >= 11 is 0. The molecule has 0 saturated heterocycles. The molecule has 0 bridgehead atoms. The number of carbonyl (C=O) groups is 3. The number of unbranched alkanes of at least 4 members (excludes halogenated alkanes) is 1. The molecule has 148 valence electrons. The van der Waals surface area contributed by atoms with Crippen LogP contribution in [0, 0.1) is 5.82 Å². The van der Waals surface area contributed by atoms with E-state index in [0.717, 1.165) is 24.5 Å². The second kappa shape index (κ2) is 10.8. The Balaban J connectivity index is 1.75. The lowest BCUT2D eigenvalue weighted by Gasteiger charge is -2.08. The molecule has 0 atom stereocenters. The number of nitrogens with one attached hydrogen (secondary N) is 3. The maximum atomic E-state index is 13.1. The van der Waals surface area contributed by atoms with Crippen molar-refractivity contribution < 1.29 is 18.8 Å². The maximum Gasteiger partial charge on any atom is 0.251 e. The molecular formula is C21H24FN3O3. The zero-order chi connectivity index (χ0) is 20.4. The number of amides is 3. The van der Waals surface area contributed by atoms with Crippen molar-refractivity contribution in [2.45, 2.75) is 26.3 Å². The van der Waals surface area contributed by atoms with Gasteiger partial charge in [-0.15, -0.1) is 0 Å². The first-order chi connectivity index (χ1) is 13.5. The molecule has 2 rings (SSSR count). The standard InChI is InChI=1S/C21H24FN3O3/c1-2-3-11-23-20(27)16-9-7-15(8-10-16)13-24-19(26)14-25-21(28)17-5-4-6-18(22)12-17/h4-10,12H,2-3,11,13-14H2,1H3,(H,23,27)(H,24,26)(H,25,28). The van der Waals surface area contributed by atoms with Crippen molar-refractivity contribution >= 4 is 17.7 Å². The third-order valence-corrected chi connectivity index (χ3v) is 4.02. The summed E-state index contributed by atoms with van der Waals surface area (Å²) in [6, 6.07) is 12.2. The first kappa shape index (κ1) is 21.1. The molecule has 0 aliphatic carbocycles. The largest absolute Gasteiger partial charge is 0.352 e. The smallest absolute Gasteiger partial charge is 0.251 e. The van der Waals surface area contributed by atoms with Gasteiger partial charge in [-0.05, 0) is 42.3 Å². The van der Waals surface area contributed by atoms with E-state index in [2.05, 4.69) is 22.9 Å². The van der Waals surface area contributed by atoms with Crippen LogP contribution in [0.1, 0.15) is 46.0 Å². The zero-order valence-electron chi connectivity index (χ0n) is 15.8. The highest BCUT2D eigenvalue weighted by Gasteiger charge is 2.09. The van der Waals surface area contributed by atoms with Crippen LogP contribution >= 0.6 is 0 Å². The van der Waals surface area contributed by atoms with Crippen LogP contribution in [0.15, 0.2) is 48.5 Å². The molecule has 0 heterocycles. The molecule has 28 heavy (non-hydrogen) atoms. The fraction of sp³-hybridized carbons (Fsp3) is 0.286. The summed E-state index contributed by atoms with van der Waals surface area (Å²) in [4.78, 5) is 35.7. The van der Waals surface area contributed by atoms with Gasteiger partial charge in [0.05, 0.1) is 6.54 Å². The summed E-state index contributed by atoms with van der Waals surface area (Å²) in [6.07, 6.45) is 1.95. The van der Waals surface area contributed by atoms with E-state index in [1.54, 1.807) is 24.3 Å². The van der Waals surface area contributed by atoms with Gasteiger partial charge in [0.2, 0.25) is 5.91 Å². The normalized spacial score (nSPS) is 10.2. The van der Waals surface area contributed by atoms with Crippen molar-refractivity contribution in [2.75, 3.05) is 13.1 Å². The Morgan fingerprint density at radius 1 is 0.893 bits per heavy atom. The van der Waals surface area contributed by atoms with E-state index >= 15 is 0 Å². The average Bonchev–Trinajstić information content (AvgIpc) is 2.71. The Kier molecular flexibility index (Phi) is 8.14. The van der Waals surface area contributed by atoms with E-state index in [9.17, 15) is 18.8 Å². The highest BCUT2D eigenvalue weighted by atomic mass is 19.1. The summed E-state index contributed by atoms with van der Waals surface area (Å²) in [7, 11) is 0. The Hall–Kier alpha value is -3.22. The SMILES string of the molecule is CCCCNC(=O)c1ccc(CNC(=O)CNC(=O)c2cccc(F)c2)cc1. The fourth-order valence-corrected chi connectivity index (χ4v) is 2.41. The molecule has 3 N–H and O–H groups in total. The lowest BCUT2D eigenvalue weighted by atomic mass is 10.1. The van der Waals surface area contributed by atoms with Crippen LogP contribution in [0.3, 0.4) is 0 Å². The third kappa shape index (κ3) is 6.83. The van der Waals surface area contributed by atoms with Gasteiger partial charge >= 0.3 is 0 Å². The minimum atomic E-state index is -0.520. The summed E-state index contributed by atoms with van der Waals surface area (Å²) in [5.41, 5.74) is 1.55. The molecule has 3 amide bonds. The minimum Gasteiger partial charge on any atom is -0.352 e. The first-order valence-electron chi connectivity index (χ1n) is 9.17. The topological polar surface area (TPSA) is 87.3 Å². The van der Waals surface area contributed by atoms with E-state index in [1.807, 2.05) is 0 Å². The first-order valence-corrected chi connectivity index (χ1v) is 9.17. The molecule has 0 aromatic heterocycles. The van der Waals surface area contributed by atoms with Gasteiger partial charge in [-0.2, -0.15) is 0 Å². The van der Waals surface area contributed by atoms with Gasteiger partial charge in [0.15, 0.2) is 0 Å². The van der Waals surface area contributed by atoms with E-state index in [4.69, 9.17) is 0 Å². The van der Waals surface area contributed by atoms with Crippen molar-refractivity contribution in [3.05, 3.63) is 71.0 Å². The summed E-state index contributed by atoms with van der Waals surface area (Å²) in [6.45, 7) is 2.76. The number of benzene rings is 2. The van der Waals surface area contributed by atoms with Crippen molar-refractivity contribution in [3.8, 4) is 0 Å². The summed E-state index contributed by atoms with van der Waals surface area (Å²) in [5.74, 6) is -1.53. The number of rotatable bonds is 9. The highest BCUT2D eigenvalue weighted by molar-refractivity contribution is 5.96. The van der Waals surface area contributed by atoms with Crippen LogP contribution in [0.2, 0.25) is 0 Å². The second-order valence-electron chi connectivity index (χ2n) is 6.28. The number of hydrogen-bond donors (Lipinski definition) is 3. The van der Waals surface area contributed by atoms with Crippen LogP contribution in [0.5, 0.6) is 0 Å². The molecule has 7 heteroatoms. The molecule has 2 aromatic carbocycles. The molecule has 0 aliphatic heterocycles. The van der Waals surface area contributed by atoms with E-state index in [0.29, 0.717) is 12.1 Å². The molecule has 0 saturated carbocycles. The van der Waals surface area contributed by atoms with Crippen molar-refractivity contribution in [3.63, 3.8) is 0 Å². The predicted octanol–water partition coefficient (Wildman–Crippen LogP) is 2.40. The average molecular weight is 385 g/mol. The Morgan fingerprint density at radius 3 is 2.29 bits per heavy atom. The van der Waals surface area contributed by atoms with Crippen LogP contribution in [-0.4, -0.2) is 30.8 Å². The summed E-state index contributed by atoms with van der Waals surface area (Å²) in [5, 5.41) is 7.96. The molecule has 6 nitrogen and oxygen atoms in total. The van der Waals surface area contributed by atoms with E-state index in [1.165, 1.54) is 18.2 Å². The van der Waals surface area contributed by atoms with Gasteiger partial charge in [0.25, 0.3) is 11.8 Å². The van der Waals surface area contributed by atoms with Crippen molar-refractivity contribution in [2.24, 2.45) is 0 Å². The zero-order valence-corrected chi connectivity index (χ0v) is 15.8. The Bertz CT molecular complexity index is 822. The lowest BCUT2D eigenvalue weighted by Crippen LogP contribution is -2.36. The third-order valence-electron chi connectivity index (χ3n) is 4.02. The van der Waals surface area contributed by atoms with Gasteiger partial charge in [-0.25, -0.2) is 4.39 Å². The molecule has 0 spiro atoms. The number of hydrogen-bond acceptors (Lipinski definition) is 3. The molecular weight excluding hydrogens is 361 g/mol. The maximum absolute atomic E-state index is 13.1. The van der Waals surface area contributed by atoms with Crippen molar-refractivity contribution in [1.29, 1.82) is 0 Å². The van der Waals surface area contributed by atoms with Crippen LogP contribution in [0.25, 0.3) is 0 Å². The monoisotopic (exact) mass is 385 g/mol. The predicted molar refractivity (Wildman–Crippen MR) is 104 cm³/mol. The van der Waals surface area contributed by atoms with Crippen molar-refractivity contribution in [1.82, 2.24) is 16.0 Å². The van der Waals surface area contributed by atoms with Gasteiger partial charge < -0.3 is 16.0 Å². The van der Waals surface area contributed by atoms with Crippen LogP contribution < -0.4 is 16.0 Å². The van der Waals surface area contributed by atoms with Crippen LogP contribution in [0.4, 0.5) is 4.39 Å². The van der Waals surface area contributed by atoms with Gasteiger partial charge in [0.1, 0.15) is 5.82 Å². The molecule has 0 radical (unpaired) electrons. The lowest BCUT2D eigenvalue weighted by molar-refractivity contribution is -0.120. The quantitative estimate of drug-likeness (QED) is 0.579. The van der Waals surface area contributed by atoms with E-state index < -0.39 is 11.7 Å². The highest BCUT2D eigenvalue weighted by Crippen LogP contribution is 2.05. The second-order valence-corrected chi connectivity index (χ2v) is 6.28.